The molecular weight excluding hydrogens is 474 g/mol. The third-order valence-electron chi connectivity index (χ3n) is 5.94. The first-order chi connectivity index (χ1) is 17.5. The van der Waals surface area contributed by atoms with E-state index in [1.54, 1.807) is 24.3 Å². The van der Waals surface area contributed by atoms with E-state index in [2.05, 4.69) is 27.4 Å². The van der Waals surface area contributed by atoms with Crippen molar-refractivity contribution in [3.63, 3.8) is 0 Å². The molecule has 9 nitrogen and oxygen atoms in total. The number of carbonyl (C=O) groups is 2. The van der Waals surface area contributed by atoms with Crippen LogP contribution in [-0.2, 0) is 9.59 Å². The molecule has 0 radical (unpaired) electrons. The molecule has 0 bridgehead atoms. The normalized spacial score (nSPS) is 17.4. The molecule has 1 atom stereocenters. The predicted octanol–water partition coefficient (Wildman–Crippen LogP) is 5.12. The number of azo groups is 1. The van der Waals surface area contributed by atoms with Crippen LogP contribution in [0, 0.1) is 22.7 Å². The van der Waals surface area contributed by atoms with Gasteiger partial charge in [-0.1, -0.05) is 30.0 Å². The Kier molecular flexibility index (Phi) is 6.19. The van der Waals surface area contributed by atoms with Crippen molar-refractivity contribution in [2.75, 3.05) is 10.6 Å². The molecule has 2 aromatic carbocycles. The molecule has 2 fully saturated rings. The zero-order valence-corrected chi connectivity index (χ0v) is 19.8. The molecule has 1 aromatic heterocycles. The molecule has 0 spiro atoms. The highest BCUT2D eigenvalue weighted by Gasteiger charge is 2.41. The molecule has 2 aliphatic rings. The Hall–Kier alpha value is -4.54. The van der Waals surface area contributed by atoms with Gasteiger partial charge >= 0.3 is 0 Å². The minimum absolute atomic E-state index is 0.0368. The average Bonchev–Trinajstić information content (AvgIpc) is 3.69. The summed E-state index contributed by atoms with van der Waals surface area (Å²) in [5, 5.41) is 27.2. The first-order valence-corrected chi connectivity index (χ1v) is 12.1. The van der Waals surface area contributed by atoms with Crippen LogP contribution in [0.5, 0.6) is 0 Å². The highest BCUT2D eigenvalue weighted by Crippen LogP contribution is 2.47. The third-order valence-corrected chi connectivity index (χ3v) is 7.12. The minimum Gasteiger partial charge on any atom is -0.383 e. The van der Waals surface area contributed by atoms with Gasteiger partial charge < -0.3 is 5.73 Å². The average molecular weight is 494 g/mol. The van der Waals surface area contributed by atoms with E-state index < -0.39 is 11.2 Å². The third kappa shape index (κ3) is 4.42. The van der Waals surface area contributed by atoms with Gasteiger partial charge in [0.25, 0.3) is 0 Å². The van der Waals surface area contributed by atoms with E-state index in [1.165, 1.54) is 0 Å². The predicted molar refractivity (Wildman–Crippen MR) is 134 cm³/mol. The number of amides is 2. The fourth-order valence-corrected chi connectivity index (χ4v) is 5.20. The number of nitrogens with zero attached hydrogens (tertiary/aromatic N) is 6. The monoisotopic (exact) mass is 493 g/mol. The van der Waals surface area contributed by atoms with Crippen molar-refractivity contribution in [2.24, 2.45) is 10.2 Å². The number of nitriles is 2. The van der Waals surface area contributed by atoms with Crippen LogP contribution < -0.4 is 10.6 Å². The summed E-state index contributed by atoms with van der Waals surface area (Å²) in [6.45, 7) is 0. The lowest BCUT2D eigenvalue weighted by molar-refractivity contribution is -0.121. The number of aromatic nitrogens is 1. The molecule has 2 N–H and O–H groups in total. The smallest absolute Gasteiger partial charge is 0.247 e. The number of benzene rings is 2. The molecule has 0 unspecified atom stereocenters. The molecule has 2 amide bonds. The highest BCUT2D eigenvalue weighted by molar-refractivity contribution is 8.00. The number of pyridine rings is 1. The van der Waals surface area contributed by atoms with E-state index in [0.717, 1.165) is 29.5 Å². The van der Waals surface area contributed by atoms with Crippen LogP contribution in [-0.4, -0.2) is 22.0 Å². The first kappa shape index (κ1) is 23.2. The number of hydrogen-bond donors (Lipinski definition) is 1. The number of anilines is 2. The molecule has 1 saturated heterocycles. The van der Waals surface area contributed by atoms with Crippen molar-refractivity contribution in [1.29, 1.82) is 10.5 Å². The lowest BCUT2D eigenvalue weighted by Gasteiger charge is -2.16. The molecular formula is C26H19N7O2S. The summed E-state index contributed by atoms with van der Waals surface area (Å²) in [7, 11) is 0. The van der Waals surface area contributed by atoms with Crippen LogP contribution in [0.2, 0.25) is 0 Å². The van der Waals surface area contributed by atoms with Crippen molar-refractivity contribution < 1.29 is 9.59 Å². The summed E-state index contributed by atoms with van der Waals surface area (Å²) >= 11 is 1.05. The Bertz CT molecular complexity index is 1470. The molecule has 1 aliphatic heterocycles. The van der Waals surface area contributed by atoms with E-state index >= 15 is 0 Å². The number of thioether (sulfide) groups is 1. The van der Waals surface area contributed by atoms with E-state index in [1.807, 2.05) is 30.3 Å². The second-order valence-electron chi connectivity index (χ2n) is 8.39. The molecule has 36 heavy (non-hydrogen) atoms. The van der Waals surface area contributed by atoms with E-state index in [9.17, 15) is 20.1 Å². The largest absolute Gasteiger partial charge is 0.383 e. The molecule has 5 rings (SSSR count). The summed E-state index contributed by atoms with van der Waals surface area (Å²) in [4.78, 5) is 31.4. The van der Waals surface area contributed by atoms with Crippen LogP contribution in [0.25, 0.3) is 0 Å². The second-order valence-corrected chi connectivity index (χ2v) is 9.59. The van der Waals surface area contributed by atoms with Gasteiger partial charge in [0.05, 0.1) is 33.4 Å². The fourth-order valence-electron chi connectivity index (χ4n) is 4.07. The summed E-state index contributed by atoms with van der Waals surface area (Å²) in [6.07, 6.45) is 1.70. The molecule has 1 aliphatic carbocycles. The van der Waals surface area contributed by atoms with Gasteiger partial charge in [0.2, 0.25) is 11.8 Å². The molecule has 10 heteroatoms. The van der Waals surface area contributed by atoms with Gasteiger partial charge in [0, 0.05) is 6.42 Å². The minimum atomic E-state index is -0.756. The van der Waals surface area contributed by atoms with Crippen molar-refractivity contribution in [3.05, 3.63) is 71.3 Å². The number of nitrogen functional groups attached to an aromatic ring is 1. The van der Waals surface area contributed by atoms with Gasteiger partial charge in [0.15, 0.2) is 0 Å². The first-order valence-electron chi connectivity index (χ1n) is 11.2. The Balaban J connectivity index is 1.36. The second kappa shape index (κ2) is 9.61. The number of imide groups is 1. The topological polar surface area (TPSA) is 149 Å². The lowest BCUT2D eigenvalue weighted by Crippen LogP contribution is -2.31. The van der Waals surface area contributed by atoms with Crippen molar-refractivity contribution in [3.8, 4) is 12.1 Å². The number of nitrogens with two attached hydrogens (primary N) is 1. The standard InChI is InChI=1S/C26H19N7O2S/c27-13-19-23(15-6-7-15)20(14-28)25(30-24(19)29)36-21-12-22(34)33(26(21)35)18-10-8-17(9-11-18)32-31-16-4-2-1-3-5-16/h1-5,8-11,15,21H,6-7,12H2,(H2,29,30)/t21-/m0/s1. The SMILES string of the molecule is N#Cc1c(N)nc(S[C@H]2CC(=O)N(c3ccc(N=Nc4ccccc4)cc3)C2=O)c(C#N)c1C1CC1. The molecule has 3 aromatic rings. The van der Waals surface area contributed by atoms with Crippen LogP contribution in [0.4, 0.5) is 22.9 Å². The van der Waals surface area contributed by atoms with E-state index in [4.69, 9.17) is 5.73 Å². The Morgan fingerprint density at radius 1 is 0.944 bits per heavy atom. The summed E-state index contributed by atoms with van der Waals surface area (Å²) in [6, 6.07) is 20.1. The van der Waals surface area contributed by atoms with Gasteiger partial charge in [0.1, 0.15) is 23.0 Å². The number of hydrogen-bond acceptors (Lipinski definition) is 9. The van der Waals surface area contributed by atoms with Gasteiger partial charge in [-0.3, -0.25) is 9.59 Å². The van der Waals surface area contributed by atoms with Crippen LogP contribution in [0.1, 0.15) is 41.9 Å². The molecule has 176 valence electrons. The van der Waals surface area contributed by atoms with Crippen molar-refractivity contribution >= 4 is 46.5 Å². The van der Waals surface area contributed by atoms with Crippen molar-refractivity contribution in [2.45, 2.75) is 35.5 Å². The van der Waals surface area contributed by atoms with Crippen LogP contribution >= 0.6 is 11.8 Å². The maximum absolute atomic E-state index is 13.2. The van der Waals surface area contributed by atoms with Gasteiger partial charge in [-0.2, -0.15) is 20.8 Å². The Labute approximate surface area is 211 Å². The summed E-state index contributed by atoms with van der Waals surface area (Å²) in [5.41, 5.74) is 8.82. The van der Waals surface area contributed by atoms with Crippen LogP contribution in [0.15, 0.2) is 69.9 Å². The zero-order chi connectivity index (χ0) is 25.2. The van der Waals surface area contributed by atoms with Crippen molar-refractivity contribution in [1.82, 2.24) is 4.98 Å². The van der Waals surface area contributed by atoms with Gasteiger partial charge in [-0.05, 0) is 60.7 Å². The van der Waals surface area contributed by atoms with Gasteiger partial charge in [-0.15, -0.1) is 0 Å². The van der Waals surface area contributed by atoms with E-state index in [0.29, 0.717) is 22.6 Å². The molecule has 1 saturated carbocycles. The molecule has 2 heterocycles. The number of rotatable bonds is 6. The lowest BCUT2D eigenvalue weighted by atomic mass is 10.0. The summed E-state index contributed by atoms with van der Waals surface area (Å²) in [5.74, 6) is -0.618. The van der Waals surface area contributed by atoms with E-state index in [-0.39, 0.29) is 40.2 Å². The summed E-state index contributed by atoms with van der Waals surface area (Å²) < 4.78 is 0. The van der Waals surface area contributed by atoms with Gasteiger partial charge in [-0.25, -0.2) is 9.88 Å². The maximum atomic E-state index is 13.2. The fraction of sp³-hybridized carbons (Fsp3) is 0.192. The zero-order valence-electron chi connectivity index (χ0n) is 19.0. The quantitative estimate of drug-likeness (QED) is 0.370. The Morgan fingerprint density at radius 3 is 2.19 bits per heavy atom. The number of carbonyl (C=O) groups excluding carboxylic acids is 2. The Morgan fingerprint density at radius 2 is 1.58 bits per heavy atom. The van der Waals surface area contributed by atoms with Crippen LogP contribution in [0.3, 0.4) is 0 Å². The highest BCUT2D eigenvalue weighted by atomic mass is 32.2. The maximum Gasteiger partial charge on any atom is 0.247 e.